The molecular weight excluding hydrogens is 562 g/mol. The van der Waals surface area contributed by atoms with Gasteiger partial charge in [0, 0.05) is 22.9 Å². The van der Waals surface area contributed by atoms with E-state index in [9.17, 15) is 9.59 Å². The highest BCUT2D eigenvalue weighted by molar-refractivity contribution is 7.80. The van der Waals surface area contributed by atoms with E-state index in [4.69, 9.17) is 70.8 Å². The molecular formula is C20H20Cl4N6O2S2. The van der Waals surface area contributed by atoms with Gasteiger partial charge in [0.25, 0.3) is 0 Å². The Labute approximate surface area is 227 Å². The normalized spacial score (nSPS) is 10.1. The van der Waals surface area contributed by atoms with Crippen molar-refractivity contribution in [3.63, 3.8) is 0 Å². The number of unbranched alkanes of at least 4 members (excludes halogenated alkanes) is 1. The molecule has 0 spiro atoms. The van der Waals surface area contributed by atoms with E-state index in [1.54, 1.807) is 36.4 Å². The van der Waals surface area contributed by atoms with Crippen molar-refractivity contribution >= 4 is 104 Å². The van der Waals surface area contributed by atoms with Crippen molar-refractivity contribution in [2.75, 3.05) is 10.6 Å². The standard InChI is InChI=1S/C20H20Cl4N6O2S2/c21-11-5-7-15(13(23)9-11)25-19(33)29-27-17(31)3-1-2-4-18(32)28-30-20(34)26-16-8-6-12(22)10-14(16)24/h5-10H,1-4H2,(H,27,31)(H,28,32)(H2,25,29,33)(H2,26,30,34). The fourth-order valence-electron chi connectivity index (χ4n) is 2.44. The fraction of sp³-hybridized carbons (Fsp3) is 0.200. The summed E-state index contributed by atoms with van der Waals surface area (Å²) < 4.78 is 0. The number of amides is 2. The third-order valence-corrected chi connectivity index (χ3v) is 5.55. The first-order valence-electron chi connectivity index (χ1n) is 9.76. The number of carbonyl (C=O) groups is 2. The first kappa shape index (κ1) is 28.2. The van der Waals surface area contributed by atoms with Gasteiger partial charge < -0.3 is 10.6 Å². The number of halogens is 4. The van der Waals surface area contributed by atoms with Crippen LogP contribution in [-0.4, -0.2) is 22.0 Å². The summed E-state index contributed by atoms with van der Waals surface area (Å²) in [5.41, 5.74) is 11.2. The predicted molar refractivity (Wildman–Crippen MR) is 146 cm³/mol. The number of carbonyl (C=O) groups excluding carboxylic acids is 2. The van der Waals surface area contributed by atoms with Crippen molar-refractivity contribution in [3.05, 3.63) is 56.5 Å². The summed E-state index contributed by atoms with van der Waals surface area (Å²) in [5.74, 6) is -0.565. The molecule has 2 aromatic rings. The van der Waals surface area contributed by atoms with Crippen LogP contribution < -0.4 is 32.3 Å². The molecule has 0 aliphatic rings. The molecule has 0 heterocycles. The molecule has 0 aliphatic carbocycles. The maximum absolute atomic E-state index is 11.9. The minimum Gasteiger partial charge on any atom is -0.330 e. The van der Waals surface area contributed by atoms with Gasteiger partial charge in [0.2, 0.25) is 11.8 Å². The quantitative estimate of drug-likeness (QED) is 0.151. The number of benzene rings is 2. The molecule has 2 amide bonds. The molecule has 0 bridgehead atoms. The van der Waals surface area contributed by atoms with Crippen LogP contribution in [0.5, 0.6) is 0 Å². The molecule has 0 radical (unpaired) electrons. The van der Waals surface area contributed by atoms with Gasteiger partial charge >= 0.3 is 0 Å². The Balaban J connectivity index is 1.57. The van der Waals surface area contributed by atoms with Gasteiger partial charge in [-0.2, -0.15) is 0 Å². The Morgan fingerprint density at radius 3 is 1.38 bits per heavy atom. The fourth-order valence-corrected chi connectivity index (χ4v) is 3.67. The van der Waals surface area contributed by atoms with Gasteiger partial charge in [0.15, 0.2) is 10.2 Å². The molecule has 0 atom stereocenters. The number of thiocarbonyl (C=S) groups is 2. The lowest BCUT2D eigenvalue weighted by molar-refractivity contribution is -0.123. The van der Waals surface area contributed by atoms with Crippen LogP contribution in [-0.2, 0) is 9.59 Å². The Bertz CT molecular complexity index is 990. The number of hydrogen-bond donors (Lipinski definition) is 6. The number of nitrogens with one attached hydrogen (secondary N) is 6. The molecule has 0 saturated carbocycles. The van der Waals surface area contributed by atoms with Gasteiger partial charge in [-0.05, 0) is 73.7 Å². The highest BCUT2D eigenvalue weighted by Gasteiger charge is 2.08. The average molecular weight is 582 g/mol. The maximum Gasteiger partial charge on any atom is 0.238 e. The molecule has 0 unspecified atom stereocenters. The largest absolute Gasteiger partial charge is 0.330 e. The monoisotopic (exact) mass is 580 g/mol. The predicted octanol–water partition coefficient (Wildman–Crippen LogP) is 5.20. The van der Waals surface area contributed by atoms with Gasteiger partial charge in [-0.1, -0.05) is 46.4 Å². The van der Waals surface area contributed by atoms with Crippen LogP contribution in [0.2, 0.25) is 20.1 Å². The van der Waals surface area contributed by atoms with Crippen molar-refractivity contribution < 1.29 is 9.59 Å². The molecule has 2 rings (SSSR count). The summed E-state index contributed by atoms with van der Waals surface area (Å²) in [6.07, 6.45) is 1.39. The molecule has 6 N–H and O–H groups in total. The number of rotatable bonds is 7. The highest BCUT2D eigenvalue weighted by Crippen LogP contribution is 2.26. The lowest BCUT2D eigenvalue weighted by atomic mass is 10.2. The van der Waals surface area contributed by atoms with Crippen LogP contribution in [0, 0.1) is 0 Å². The minimum absolute atomic E-state index is 0.160. The summed E-state index contributed by atoms with van der Waals surface area (Å²) in [6.45, 7) is 0. The van der Waals surface area contributed by atoms with Crippen molar-refractivity contribution in [1.29, 1.82) is 0 Å². The Kier molecular flexibility index (Phi) is 11.9. The van der Waals surface area contributed by atoms with Crippen molar-refractivity contribution in [1.82, 2.24) is 21.7 Å². The van der Waals surface area contributed by atoms with Crippen LogP contribution in [0.15, 0.2) is 36.4 Å². The van der Waals surface area contributed by atoms with Gasteiger partial charge in [0.05, 0.1) is 21.4 Å². The van der Waals surface area contributed by atoms with E-state index in [1.165, 1.54) is 0 Å². The molecule has 182 valence electrons. The molecule has 14 heteroatoms. The van der Waals surface area contributed by atoms with E-state index in [1.807, 2.05) is 0 Å². The van der Waals surface area contributed by atoms with Crippen molar-refractivity contribution in [2.45, 2.75) is 25.7 Å². The maximum atomic E-state index is 11.9. The van der Waals surface area contributed by atoms with E-state index in [2.05, 4.69) is 32.3 Å². The molecule has 8 nitrogen and oxygen atoms in total. The first-order valence-corrected chi connectivity index (χ1v) is 12.1. The molecule has 0 saturated heterocycles. The second-order valence-electron chi connectivity index (χ2n) is 6.71. The second-order valence-corrected chi connectivity index (χ2v) is 9.21. The lowest BCUT2D eigenvalue weighted by Gasteiger charge is -2.13. The van der Waals surface area contributed by atoms with Crippen LogP contribution >= 0.6 is 70.8 Å². The van der Waals surface area contributed by atoms with Gasteiger partial charge in [0.1, 0.15) is 0 Å². The van der Waals surface area contributed by atoms with Crippen LogP contribution in [0.4, 0.5) is 11.4 Å². The van der Waals surface area contributed by atoms with Crippen LogP contribution in [0.1, 0.15) is 25.7 Å². The SMILES string of the molecule is O=C(CCCCC(=O)NNC(=S)Nc1ccc(Cl)cc1Cl)NNC(=S)Nc1ccc(Cl)cc1Cl. The number of hydrazine groups is 2. The van der Waals surface area contributed by atoms with E-state index in [0.717, 1.165) is 0 Å². The molecule has 0 aromatic heterocycles. The Hall–Kier alpha value is -2.08. The second kappa shape index (κ2) is 14.3. The topological polar surface area (TPSA) is 106 Å². The molecule has 0 aliphatic heterocycles. The van der Waals surface area contributed by atoms with Gasteiger partial charge in [-0.25, -0.2) is 0 Å². The molecule has 2 aromatic carbocycles. The van der Waals surface area contributed by atoms with E-state index >= 15 is 0 Å². The Morgan fingerprint density at radius 1 is 0.647 bits per heavy atom. The van der Waals surface area contributed by atoms with E-state index in [-0.39, 0.29) is 34.9 Å². The summed E-state index contributed by atoms with van der Waals surface area (Å²) in [7, 11) is 0. The smallest absolute Gasteiger partial charge is 0.238 e. The minimum atomic E-state index is -0.282. The number of hydrogen-bond acceptors (Lipinski definition) is 4. The summed E-state index contributed by atoms with van der Waals surface area (Å²) >= 11 is 34.0. The highest BCUT2D eigenvalue weighted by atomic mass is 35.5. The zero-order chi connectivity index (χ0) is 25.1. The zero-order valence-electron chi connectivity index (χ0n) is 17.4. The van der Waals surface area contributed by atoms with E-state index < -0.39 is 0 Å². The van der Waals surface area contributed by atoms with E-state index in [0.29, 0.717) is 44.3 Å². The van der Waals surface area contributed by atoms with Gasteiger partial charge in [-0.15, -0.1) is 0 Å². The average Bonchev–Trinajstić information content (AvgIpc) is 2.77. The first-order chi connectivity index (χ1) is 16.1. The number of anilines is 2. The summed E-state index contributed by atoms with van der Waals surface area (Å²) in [5, 5.41) is 7.78. The lowest BCUT2D eigenvalue weighted by Crippen LogP contribution is -2.44. The summed E-state index contributed by atoms with van der Waals surface area (Å²) in [4.78, 5) is 23.9. The van der Waals surface area contributed by atoms with Crippen molar-refractivity contribution in [3.8, 4) is 0 Å². The third-order valence-electron chi connectivity index (χ3n) is 4.05. The summed E-state index contributed by atoms with van der Waals surface area (Å²) in [6, 6.07) is 9.77. The zero-order valence-corrected chi connectivity index (χ0v) is 22.1. The van der Waals surface area contributed by atoms with Gasteiger partial charge in [-0.3, -0.25) is 31.3 Å². The third kappa shape index (κ3) is 10.5. The Morgan fingerprint density at radius 2 is 1.03 bits per heavy atom. The molecule has 34 heavy (non-hydrogen) atoms. The van der Waals surface area contributed by atoms with Crippen LogP contribution in [0.25, 0.3) is 0 Å². The molecule has 0 fully saturated rings. The van der Waals surface area contributed by atoms with Crippen LogP contribution in [0.3, 0.4) is 0 Å². The van der Waals surface area contributed by atoms with Crippen molar-refractivity contribution in [2.24, 2.45) is 0 Å².